The van der Waals surface area contributed by atoms with Gasteiger partial charge in [-0.2, -0.15) is 0 Å². The van der Waals surface area contributed by atoms with Crippen molar-refractivity contribution >= 4 is 22.9 Å². The second-order valence-corrected chi connectivity index (χ2v) is 8.04. The standard InChI is InChI=1S/C22H23FN4OS/c23-18-6-8-19(9-7-18)24-21(28)14-26-10-12-27(13-11-26)15-22-25-20(16-29-22)17-4-2-1-3-5-17/h1-9,16H,10-15H2,(H,24,28). The molecule has 29 heavy (non-hydrogen) atoms. The minimum atomic E-state index is -0.310. The van der Waals surface area contributed by atoms with E-state index >= 15 is 0 Å². The van der Waals surface area contributed by atoms with Crippen molar-refractivity contribution in [2.75, 3.05) is 38.0 Å². The summed E-state index contributed by atoms with van der Waals surface area (Å²) in [5, 5.41) is 6.05. The normalized spacial score (nSPS) is 15.3. The molecular formula is C22H23FN4OS. The maximum atomic E-state index is 12.9. The van der Waals surface area contributed by atoms with Crippen LogP contribution in [0, 0.1) is 5.82 Å². The van der Waals surface area contributed by atoms with Crippen LogP contribution >= 0.6 is 11.3 Å². The Labute approximate surface area is 173 Å². The highest BCUT2D eigenvalue weighted by atomic mass is 32.1. The molecule has 7 heteroatoms. The van der Waals surface area contributed by atoms with E-state index in [1.807, 2.05) is 18.2 Å². The van der Waals surface area contributed by atoms with E-state index in [4.69, 9.17) is 4.98 Å². The molecule has 0 aliphatic carbocycles. The highest BCUT2D eigenvalue weighted by Crippen LogP contribution is 2.22. The molecule has 1 aliphatic heterocycles. The van der Waals surface area contributed by atoms with Crippen molar-refractivity contribution in [2.24, 2.45) is 0 Å². The fourth-order valence-electron chi connectivity index (χ4n) is 3.36. The van der Waals surface area contributed by atoms with Crippen LogP contribution in [0.2, 0.25) is 0 Å². The number of aromatic nitrogens is 1. The number of carbonyl (C=O) groups excluding carboxylic acids is 1. The zero-order valence-electron chi connectivity index (χ0n) is 16.1. The lowest BCUT2D eigenvalue weighted by Crippen LogP contribution is -2.48. The van der Waals surface area contributed by atoms with Gasteiger partial charge in [-0.15, -0.1) is 11.3 Å². The lowest BCUT2D eigenvalue weighted by molar-refractivity contribution is -0.117. The van der Waals surface area contributed by atoms with E-state index in [2.05, 4.69) is 32.6 Å². The van der Waals surface area contributed by atoms with Gasteiger partial charge >= 0.3 is 0 Å². The molecule has 2 heterocycles. The van der Waals surface area contributed by atoms with Gasteiger partial charge < -0.3 is 5.32 Å². The summed E-state index contributed by atoms with van der Waals surface area (Å²) in [5.74, 6) is -0.382. The smallest absolute Gasteiger partial charge is 0.238 e. The molecule has 4 rings (SSSR count). The van der Waals surface area contributed by atoms with Crippen LogP contribution < -0.4 is 5.32 Å². The number of hydrogen-bond donors (Lipinski definition) is 1. The predicted octanol–water partition coefficient (Wildman–Crippen LogP) is 3.71. The quantitative estimate of drug-likeness (QED) is 0.673. The Balaban J connectivity index is 1.23. The van der Waals surface area contributed by atoms with Crippen molar-refractivity contribution in [2.45, 2.75) is 6.54 Å². The van der Waals surface area contributed by atoms with Crippen molar-refractivity contribution in [3.63, 3.8) is 0 Å². The first-order chi connectivity index (χ1) is 14.2. The third-order valence-electron chi connectivity index (χ3n) is 4.94. The second kappa shape index (κ2) is 9.26. The molecule has 1 fully saturated rings. The topological polar surface area (TPSA) is 48.5 Å². The molecule has 0 radical (unpaired) electrons. The first-order valence-corrected chi connectivity index (χ1v) is 10.5. The number of piperazine rings is 1. The highest BCUT2D eigenvalue weighted by molar-refractivity contribution is 7.09. The van der Waals surface area contributed by atoms with Gasteiger partial charge in [0.1, 0.15) is 10.8 Å². The van der Waals surface area contributed by atoms with Gasteiger partial charge in [-0.1, -0.05) is 30.3 Å². The monoisotopic (exact) mass is 410 g/mol. The number of nitrogens with one attached hydrogen (secondary N) is 1. The molecule has 0 saturated carbocycles. The van der Waals surface area contributed by atoms with Gasteiger partial charge in [-0.3, -0.25) is 14.6 Å². The summed E-state index contributed by atoms with van der Waals surface area (Å²) < 4.78 is 12.9. The average molecular weight is 411 g/mol. The van der Waals surface area contributed by atoms with Crippen LogP contribution in [0.25, 0.3) is 11.3 Å². The van der Waals surface area contributed by atoms with E-state index in [9.17, 15) is 9.18 Å². The number of carbonyl (C=O) groups is 1. The molecule has 1 N–H and O–H groups in total. The van der Waals surface area contributed by atoms with Gasteiger partial charge in [0.15, 0.2) is 0 Å². The maximum absolute atomic E-state index is 12.9. The Hall–Kier alpha value is -2.61. The molecule has 3 aromatic rings. The lowest BCUT2D eigenvalue weighted by atomic mass is 10.2. The molecule has 1 amide bonds. The van der Waals surface area contributed by atoms with E-state index in [1.165, 1.54) is 12.1 Å². The van der Waals surface area contributed by atoms with Crippen molar-refractivity contribution < 1.29 is 9.18 Å². The summed E-state index contributed by atoms with van der Waals surface area (Å²) in [6.45, 7) is 4.68. The zero-order chi connectivity index (χ0) is 20.1. The first kappa shape index (κ1) is 19.7. The first-order valence-electron chi connectivity index (χ1n) is 9.66. The number of nitrogens with zero attached hydrogens (tertiary/aromatic N) is 3. The minimum absolute atomic E-state index is 0.0718. The van der Waals surface area contributed by atoms with Crippen LogP contribution in [-0.2, 0) is 11.3 Å². The molecule has 0 bridgehead atoms. The van der Waals surface area contributed by atoms with Gasteiger partial charge in [0, 0.05) is 42.8 Å². The van der Waals surface area contributed by atoms with Crippen molar-refractivity contribution in [3.05, 3.63) is 70.8 Å². The molecule has 1 aliphatic rings. The van der Waals surface area contributed by atoms with E-state index in [-0.39, 0.29) is 11.7 Å². The van der Waals surface area contributed by atoms with Crippen molar-refractivity contribution in [1.82, 2.24) is 14.8 Å². The SMILES string of the molecule is O=C(CN1CCN(Cc2nc(-c3ccccc3)cs2)CC1)Nc1ccc(F)cc1. The third kappa shape index (κ3) is 5.47. The Morgan fingerprint density at radius 3 is 2.41 bits per heavy atom. The Morgan fingerprint density at radius 1 is 1.00 bits per heavy atom. The number of thiazole rings is 1. The lowest BCUT2D eigenvalue weighted by Gasteiger charge is -2.33. The average Bonchev–Trinajstić information content (AvgIpc) is 3.20. The highest BCUT2D eigenvalue weighted by Gasteiger charge is 2.20. The molecule has 1 saturated heterocycles. The number of amides is 1. The van der Waals surface area contributed by atoms with Gasteiger partial charge in [0.05, 0.1) is 18.8 Å². The van der Waals surface area contributed by atoms with Crippen LogP contribution in [0.3, 0.4) is 0 Å². The van der Waals surface area contributed by atoms with Crippen LogP contribution in [0.5, 0.6) is 0 Å². The van der Waals surface area contributed by atoms with Gasteiger partial charge in [0.25, 0.3) is 0 Å². The van der Waals surface area contributed by atoms with E-state index in [0.717, 1.165) is 49.0 Å². The largest absolute Gasteiger partial charge is 0.325 e. The van der Waals surface area contributed by atoms with Crippen LogP contribution in [0.15, 0.2) is 60.0 Å². The maximum Gasteiger partial charge on any atom is 0.238 e. The van der Waals surface area contributed by atoms with Crippen molar-refractivity contribution in [3.8, 4) is 11.3 Å². The van der Waals surface area contributed by atoms with Crippen LogP contribution in [-0.4, -0.2) is 53.4 Å². The Bertz CT molecular complexity index is 937. The van der Waals surface area contributed by atoms with E-state index in [1.54, 1.807) is 23.5 Å². The van der Waals surface area contributed by atoms with Crippen LogP contribution in [0.1, 0.15) is 5.01 Å². The fourth-order valence-corrected chi connectivity index (χ4v) is 4.20. The molecule has 5 nitrogen and oxygen atoms in total. The summed E-state index contributed by atoms with van der Waals surface area (Å²) in [6.07, 6.45) is 0. The van der Waals surface area contributed by atoms with E-state index in [0.29, 0.717) is 12.2 Å². The zero-order valence-corrected chi connectivity index (χ0v) is 16.9. The number of anilines is 1. The molecule has 150 valence electrons. The summed E-state index contributed by atoms with van der Waals surface area (Å²) in [7, 11) is 0. The molecule has 0 unspecified atom stereocenters. The predicted molar refractivity (Wildman–Crippen MR) is 114 cm³/mol. The Morgan fingerprint density at radius 2 is 1.69 bits per heavy atom. The summed E-state index contributed by atoms with van der Waals surface area (Å²) >= 11 is 1.69. The molecule has 1 aromatic heterocycles. The molecule has 0 spiro atoms. The molecule has 2 aromatic carbocycles. The fraction of sp³-hybridized carbons (Fsp3) is 0.273. The minimum Gasteiger partial charge on any atom is -0.325 e. The third-order valence-corrected chi connectivity index (χ3v) is 5.77. The second-order valence-electron chi connectivity index (χ2n) is 7.10. The van der Waals surface area contributed by atoms with Gasteiger partial charge in [-0.25, -0.2) is 9.37 Å². The van der Waals surface area contributed by atoms with Gasteiger partial charge in [0.2, 0.25) is 5.91 Å². The van der Waals surface area contributed by atoms with E-state index < -0.39 is 0 Å². The summed E-state index contributed by atoms with van der Waals surface area (Å²) in [6, 6.07) is 16.1. The van der Waals surface area contributed by atoms with Crippen LogP contribution in [0.4, 0.5) is 10.1 Å². The molecular weight excluding hydrogens is 387 g/mol. The molecule has 0 atom stereocenters. The number of rotatable bonds is 6. The summed E-state index contributed by atoms with van der Waals surface area (Å²) in [4.78, 5) is 21.5. The number of hydrogen-bond acceptors (Lipinski definition) is 5. The van der Waals surface area contributed by atoms with Crippen molar-refractivity contribution in [1.29, 1.82) is 0 Å². The number of halogens is 1. The number of benzene rings is 2. The van der Waals surface area contributed by atoms with Gasteiger partial charge in [-0.05, 0) is 24.3 Å². The summed E-state index contributed by atoms with van der Waals surface area (Å²) in [5.41, 5.74) is 2.79. The Kier molecular flexibility index (Phi) is 6.29.